The van der Waals surface area contributed by atoms with Crippen LogP contribution in [0.3, 0.4) is 0 Å². The Morgan fingerprint density at radius 3 is 2.57 bits per heavy atom. The van der Waals surface area contributed by atoms with Gasteiger partial charge < -0.3 is 10.4 Å². The van der Waals surface area contributed by atoms with Crippen LogP contribution in [0.15, 0.2) is 24.4 Å². The number of hydrogen-bond acceptors (Lipinski definition) is 3. The van der Waals surface area contributed by atoms with Gasteiger partial charge in [-0.05, 0) is 25.0 Å². The monoisotopic (exact) mass is 321 g/mol. The fourth-order valence-corrected chi connectivity index (χ4v) is 3.21. The summed E-state index contributed by atoms with van der Waals surface area (Å²) in [6.45, 7) is 0.860. The number of aromatic amines is 1. The van der Waals surface area contributed by atoms with Crippen LogP contribution in [0.25, 0.3) is 11.3 Å². The Kier molecular flexibility index (Phi) is 4.73. The average Bonchev–Trinajstić information content (AvgIpc) is 2.96. The minimum atomic E-state index is -0.675. The maximum absolute atomic E-state index is 13.9. The summed E-state index contributed by atoms with van der Waals surface area (Å²) in [6.07, 6.45) is 6.38. The number of hydrogen-bond donors (Lipinski definition) is 3. The Morgan fingerprint density at radius 1 is 1.17 bits per heavy atom. The van der Waals surface area contributed by atoms with E-state index in [1.54, 1.807) is 6.20 Å². The second-order valence-electron chi connectivity index (χ2n) is 6.26. The highest BCUT2D eigenvalue weighted by atomic mass is 19.1. The fourth-order valence-electron chi connectivity index (χ4n) is 3.21. The van der Waals surface area contributed by atoms with E-state index in [9.17, 15) is 13.9 Å². The molecule has 23 heavy (non-hydrogen) atoms. The molecule has 1 aliphatic carbocycles. The molecule has 0 bridgehead atoms. The first-order valence-corrected chi connectivity index (χ1v) is 7.99. The van der Waals surface area contributed by atoms with Crippen LogP contribution in [0, 0.1) is 11.6 Å². The number of nitrogens with zero attached hydrogens (tertiary/aromatic N) is 1. The van der Waals surface area contributed by atoms with Gasteiger partial charge in [-0.15, -0.1) is 0 Å². The number of H-pyrrole nitrogens is 1. The topological polar surface area (TPSA) is 60.9 Å². The van der Waals surface area contributed by atoms with Gasteiger partial charge in [0.05, 0.1) is 23.1 Å². The Morgan fingerprint density at radius 2 is 1.87 bits per heavy atom. The predicted octanol–water partition coefficient (Wildman–Crippen LogP) is 3.14. The lowest BCUT2D eigenvalue weighted by molar-refractivity contribution is 0.00468. The zero-order valence-corrected chi connectivity index (χ0v) is 12.9. The number of halogens is 2. The molecule has 1 aromatic heterocycles. The van der Waals surface area contributed by atoms with E-state index in [0.29, 0.717) is 24.3 Å². The molecule has 0 aliphatic heterocycles. The first-order chi connectivity index (χ1) is 11.1. The molecule has 4 nitrogen and oxygen atoms in total. The van der Waals surface area contributed by atoms with Gasteiger partial charge in [0.15, 0.2) is 0 Å². The van der Waals surface area contributed by atoms with Crippen molar-refractivity contribution in [1.82, 2.24) is 15.5 Å². The number of rotatable bonds is 5. The van der Waals surface area contributed by atoms with Crippen LogP contribution in [0.2, 0.25) is 0 Å². The SMILES string of the molecule is OC1(CNCc2cn[nH]c2-c2c(F)cccc2F)CCCCC1. The van der Waals surface area contributed by atoms with Crippen LogP contribution >= 0.6 is 0 Å². The van der Waals surface area contributed by atoms with Crippen molar-refractivity contribution in [3.8, 4) is 11.3 Å². The van der Waals surface area contributed by atoms with Crippen LogP contribution in [-0.2, 0) is 6.54 Å². The molecule has 1 aromatic carbocycles. The molecular formula is C17H21F2N3O. The van der Waals surface area contributed by atoms with E-state index in [4.69, 9.17) is 0 Å². The van der Waals surface area contributed by atoms with Gasteiger partial charge >= 0.3 is 0 Å². The molecule has 0 spiro atoms. The lowest BCUT2D eigenvalue weighted by atomic mass is 9.85. The molecule has 0 radical (unpaired) electrons. The molecule has 0 amide bonds. The summed E-state index contributed by atoms with van der Waals surface area (Å²) in [6, 6.07) is 3.78. The van der Waals surface area contributed by atoms with E-state index in [0.717, 1.165) is 25.7 Å². The van der Waals surface area contributed by atoms with Crippen molar-refractivity contribution < 1.29 is 13.9 Å². The third kappa shape index (κ3) is 3.59. The van der Waals surface area contributed by atoms with Gasteiger partial charge in [-0.3, -0.25) is 5.10 Å². The molecule has 0 unspecified atom stereocenters. The summed E-state index contributed by atoms with van der Waals surface area (Å²) in [5.74, 6) is -1.25. The zero-order chi connectivity index (χ0) is 16.3. The Bertz CT molecular complexity index is 645. The molecule has 1 aliphatic rings. The molecular weight excluding hydrogens is 300 g/mol. The standard InChI is InChI=1S/C17H21F2N3O/c18-13-5-4-6-14(19)15(13)16-12(10-21-22-16)9-20-11-17(23)7-2-1-3-8-17/h4-6,10,20,23H,1-3,7-9,11H2,(H,21,22). The minimum absolute atomic E-state index is 0.0989. The van der Waals surface area contributed by atoms with Crippen molar-refractivity contribution in [2.75, 3.05) is 6.54 Å². The average molecular weight is 321 g/mol. The smallest absolute Gasteiger partial charge is 0.135 e. The van der Waals surface area contributed by atoms with Crippen LogP contribution in [0.1, 0.15) is 37.7 Å². The van der Waals surface area contributed by atoms with Crippen LogP contribution in [0.5, 0.6) is 0 Å². The van der Waals surface area contributed by atoms with Gasteiger partial charge in [0.1, 0.15) is 11.6 Å². The van der Waals surface area contributed by atoms with Gasteiger partial charge in [-0.1, -0.05) is 25.3 Å². The molecule has 3 rings (SSSR count). The largest absolute Gasteiger partial charge is 0.389 e. The van der Waals surface area contributed by atoms with Crippen molar-refractivity contribution in [2.45, 2.75) is 44.2 Å². The highest BCUT2D eigenvalue weighted by molar-refractivity contribution is 5.64. The molecule has 1 fully saturated rings. The normalized spacial score (nSPS) is 17.3. The van der Waals surface area contributed by atoms with E-state index < -0.39 is 17.2 Å². The molecule has 6 heteroatoms. The summed E-state index contributed by atoms with van der Waals surface area (Å²) in [5, 5.41) is 20.2. The first kappa shape index (κ1) is 16.1. The Labute approximate surface area is 133 Å². The van der Waals surface area contributed by atoms with Crippen LogP contribution in [0.4, 0.5) is 8.78 Å². The second-order valence-corrected chi connectivity index (χ2v) is 6.26. The number of aromatic nitrogens is 2. The summed E-state index contributed by atoms with van der Waals surface area (Å²) in [7, 11) is 0. The van der Waals surface area contributed by atoms with Gasteiger partial charge in [0.2, 0.25) is 0 Å². The molecule has 124 valence electrons. The Balaban J connectivity index is 1.70. The molecule has 1 saturated carbocycles. The lowest BCUT2D eigenvalue weighted by Crippen LogP contribution is -2.41. The second kappa shape index (κ2) is 6.76. The van der Waals surface area contributed by atoms with Crippen molar-refractivity contribution in [2.24, 2.45) is 0 Å². The summed E-state index contributed by atoms with van der Waals surface area (Å²) in [4.78, 5) is 0. The summed E-state index contributed by atoms with van der Waals surface area (Å²) >= 11 is 0. The number of benzene rings is 1. The molecule has 0 saturated heterocycles. The molecule has 0 atom stereocenters. The van der Waals surface area contributed by atoms with Gasteiger partial charge in [-0.2, -0.15) is 5.10 Å². The summed E-state index contributed by atoms with van der Waals surface area (Å²) < 4.78 is 27.8. The first-order valence-electron chi connectivity index (χ1n) is 7.99. The van der Waals surface area contributed by atoms with E-state index in [2.05, 4.69) is 15.5 Å². The predicted molar refractivity (Wildman–Crippen MR) is 83.7 cm³/mol. The van der Waals surface area contributed by atoms with Crippen molar-refractivity contribution in [1.29, 1.82) is 0 Å². The van der Waals surface area contributed by atoms with E-state index in [1.807, 2.05) is 0 Å². The quantitative estimate of drug-likeness (QED) is 0.793. The highest BCUT2D eigenvalue weighted by Crippen LogP contribution is 2.29. The third-order valence-electron chi connectivity index (χ3n) is 4.48. The highest BCUT2D eigenvalue weighted by Gasteiger charge is 2.28. The number of aliphatic hydroxyl groups is 1. The molecule has 2 aromatic rings. The van der Waals surface area contributed by atoms with Gasteiger partial charge in [-0.25, -0.2) is 8.78 Å². The van der Waals surface area contributed by atoms with Crippen LogP contribution in [-0.4, -0.2) is 27.4 Å². The zero-order valence-electron chi connectivity index (χ0n) is 12.9. The van der Waals surface area contributed by atoms with E-state index in [-0.39, 0.29) is 5.56 Å². The van der Waals surface area contributed by atoms with Crippen molar-refractivity contribution in [3.63, 3.8) is 0 Å². The number of nitrogens with one attached hydrogen (secondary N) is 2. The maximum Gasteiger partial charge on any atom is 0.135 e. The minimum Gasteiger partial charge on any atom is -0.389 e. The van der Waals surface area contributed by atoms with E-state index >= 15 is 0 Å². The Hall–Kier alpha value is -1.79. The van der Waals surface area contributed by atoms with Crippen LogP contribution < -0.4 is 5.32 Å². The van der Waals surface area contributed by atoms with Gasteiger partial charge in [0.25, 0.3) is 0 Å². The van der Waals surface area contributed by atoms with E-state index in [1.165, 1.54) is 24.6 Å². The summed E-state index contributed by atoms with van der Waals surface area (Å²) in [5.41, 5.74) is 0.237. The molecule has 1 heterocycles. The van der Waals surface area contributed by atoms with Crippen molar-refractivity contribution in [3.05, 3.63) is 41.6 Å². The maximum atomic E-state index is 13.9. The van der Waals surface area contributed by atoms with Crippen molar-refractivity contribution >= 4 is 0 Å². The van der Waals surface area contributed by atoms with Gasteiger partial charge in [0, 0.05) is 18.7 Å². The fraction of sp³-hybridized carbons (Fsp3) is 0.471. The lowest BCUT2D eigenvalue weighted by Gasteiger charge is -2.32. The third-order valence-corrected chi connectivity index (χ3v) is 4.48. The molecule has 3 N–H and O–H groups in total.